The van der Waals surface area contributed by atoms with Crippen LogP contribution in [0.4, 0.5) is 5.00 Å². The van der Waals surface area contributed by atoms with E-state index in [2.05, 4.69) is 21.6 Å². The number of anilines is 1. The van der Waals surface area contributed by atoms with E-state index >= 15 is 0 Å². The number of thioether (sulfide) groups is 1. The van der Waals surface area contributed by atoms with Crippen LogP contribution in [0.2, 0.25) is 10.0 Å². The number of amides is 1. The normalized spacial score (nSPS) is 10.6. The molecule has 0 aliphatic heterocycles. The number of rotatable bonds is 10. The lowest BCUT2D eigenvalue weighted by molar-refractivity contribution is -0.113. The average Bonchev–Trinajstić information content (AvgIpc) is 3.36. The minimum absolute atomic E-state index is 0.180. The number of nitrogens with zero attached hydrogens (tertiary/aromatic N) is 4. The lowest BCUT2D eigenvalue weighted by atomic mass is 10.3. The van der Waals surface area contributed by atoms with Gasteiger partial charge >= 0.3 is 0 Å². The van der Waals surface area contributed by atoms with Gasteiger partial charge in [0.15, 0.2) is 5.16 Å². The van der Waals surface area contributed by atoms with Crippen LogP contribution < -0.4 is 10.1 Å². The second-order valence-corrected chi connectivity index (χ2v) is 8.98. The number of benzene rings is 1. The van der Waals surface area contributed by atoms with Crippen molar-refractivity contribution in [2.75, 3.05) is 17.7 Å². The molecule has 0 radical (unpaired) electrons. The Morgan fingerprint density at radius 3 is 2.94 bits per heavy atom. The van der Waals surface area contributed by atoms with Crippen molar-refractivity contribution >= 4 is 57.2 Å². The highest BCUT2D eigenvalue weighted by molar-refractivity contribution is 7.99. The van der Waals surface area contributed by atoms with Crippen molar-refractivity contribution in [3.05, 3.63) is 51.1 Å². The molecule has 1 N–H and O–H groups in total. The minimum Gasteiger partial charge on any atom is -0.492 e. The maximum Gasteiger partial charge on any atom is 0.235 e. The number of ether oxygens (including phenoxy) is 1. The van der Waals surface area contributed by atoms with E-state index in [0.717, 1.165) is 12.2 Å². The number of nitrogens with one attached hydrogen (secondary N) is 1. The highest BCUT2D eigenvalue weighted by atomic mass is 35.5. The third-order valence-corrected chi connectivity index (χ3v) is 6.50. The summed E-state index contributed by atoms with van der Waals surface area (Å²) in [6, 6.07) is 8.86. The molecule has 1 amide bonds. The number of thiophene rings is 1. The molecule has 3 rings (SSSR count). The van der Waals surface area contributed by atoms with E-state index in [1.807, 2.05) is 11.5 Å². The van der Waals surface area contributed by atoms with Gasteiger partial charge in [0.05, 0.1) is 22.9 Å². The molecule has 31 heavy (non-hydrogen) atoms. The van der Waals surface area contributed by atoms with Crippen LogP contribution in [0.25, 0.3) is 0 Å². The van der Waals surface area contributed by atoms with Crippen molar-refractivity contribution in [1.82, 2.24) is 14.8 Å². The van der Waals surface area contributed by atoms with E-state index < -0.39 is 0 Å². The number of aromatic nitrogens is 3. The summed E-state index contributed by atoms with van der Waals surface area (Å²) in [4.78, 5) is 12.2. The Bertz CT molecular complexity index is 1090. The molecule has 2 heterocycles. The molecule has 2 aromatic heterocycles. The fourth-order valence-corrected chi connectivity index (χ4v) is 4.76. The van der Waals surface area contributed by atoms with E-state index in [9.17, 15) is 4.79 Å². The SMILES string of the molecule is CCn1c(CCCOc2ccc(Cl)cc2Cl)nnc1SCC(=O)Nc1sccc1C#N. The number of halogens is 2. The van der Waals surface area contributed by atoms with Gasteiger partial charge in [-0.25, -0.2) is 0 Å². The average molecular weight is 496 g/mol. The van der Waals surface area contributed by atoms with Crippen LogP contribution in [0.1, 0.15) is 24.7 Å². The molecule has 0 unspecified atom stereocenters. The first-order valence-electron chi connectivity index (χ1n) is 9.42. The summed E-state index contributed by atoms with van der Waals surface area (Å²) in [5.41, 5.74) is 0.462. The van der Waals surface area contributed by atoms with Crippen molar-refractivity contribution in [3.8, 4) is 11.8 Å². The smallest absolute Gasteiger partial charge is 0.235 e. The largest absolute Gasteiger partial charge is 0.492 e. The van der Waals surface area contributed by atoms with Crippen LogP contribution in [0.5, 0.6) is 5.75 Å². The molecule has 3 aromatic rings. The summed E-state index contributed by atoms with van der Waals surface area (Å²) in [6.07, 6.45) is 1.41. The Labute approximate surface area is 198 Å². The molecule has 162 valence electrons. The van der Waals surface area contributed by atoms with Crippen LogP contribution >= 0.6 is 46.3 Å². The summed E-state index contributed by atoms with van der Waals surface area (Å²) in [7, 11) is 0. The molecule has 11 heteroatoms. The van der Waals surface area contributed by atoms with Crippen LogP contribution in [-0.2, 0) is 17.8 Å². The Kier molecular flexibility index (Phi) is 8.60. The van der Waals surface area contributed by atoms with Gasteiger partial charge in [0.2, 0.25) is 5.91 Å². The zero-order chi connectivity index (χ0) is 22.2. The first-order valence-corrected chi connectivity index (χ1v) is 12.0. The Morgan fingerprint density at radius 2 is 2.19 bits per heavy atom. The Balaban J connectivity index is 1.49. The van der Waals surface area contributed by atoms with Gasteiger partial charge in [-0.2, -0.15) is 5.26 Å². The summed E-state index contributed by atoms with van der Waals surface area (Å²) in [5.74, 6) is 1.42. The van der Waals surface area contributed by atoms with Crippen LogP contribution in [-0.4, -0.2) is 33.0 Å². The molecule has 7 nitrogen and oxygen atoms in total. The third kappa shape index (κ3) is 6.37. The Morgan fingerprint density at radius 1 is 1.35 bits per heavy atom. The summed E-state index contributed by atoms with van der Waals surface area (Å²) >= 11 is 14.6. The molecule has 0 fully saturated rings. The number of hydrogen-bond donors (Lipinski definition) is 1. The predicted octanol–water partition coefficient (Wildman–Crippen LogP) is 5.28. The van der Waals surface area contributed by atoms with Crippen molar-refractivity contribution in [2.45, 2.75) is 31.5 Å². The minimum atomic E-state index is -0.190. The zero-order valence-electron chi connectivity index (χ0n) is 16.6. The molecule has 0 saturated carbocycles. The quantitative estimate of drug-likeness (QED) is 0.303. The maximum atomic E-state index is 12.2. The summed E-state index contributed by atoms with van der Waals surface area (Å²) < 4.78 is 7.70. The second-order valence-electron chi connectivity index (χ2n) is 6.28. The molecule has 0 aliphatic rings. The van der Waals surface area contributed by atoms with Gasteiger partial charge in [-0.15, -0.1) is 21.5 Å². The van der Waals surface area contributed by atoms with Crippen molar-refractivity contribution in [1.29, 1.82) is 5.26 Å². The molecule has 1 aromatic carbocycles. The number of nitriles is 1. The zero-order valence-corrected chi connectivity index (χ0v) is 19.7. The topological polar surface area (TPSA) is 92.8 Å². The molecule has 0 spiro atoms. The van der Waals surface area contributed by atoms with Gasteiger partial charge in [0, 0.05) is 18.0 Å². The van der Waals surface area contributed by atoms with Crippen molar-refractivity contribution in [3.63, 3.8) is 0 Å². The molecule has 0 aliphatic carbocycles. The van der Waals surface area contributed by atoms with Gasteiger partial charge < -0.3 is 14.6 Å². The predicted molar refractivity (Wildman–Crippen MR) is 124 cm³/mol. The number of carbonyl (C=O) groups excluding carboxylic acids is 1. The van der Waals surface area contributed by atoms with Crippen molar-refractivity contribution < 1.29 is 9.53 Å². The monoisotopic (exact) mass is 495 g/mol. The second kappa shape index (κ2) is 11.4. The lowest BCUT2D eigenvalue weighted by Gasteiger charge is -2.09. The molecule has 0 saturated heterocycles. The third-order valence-electron chi connectivity index (χ3n) is 4.18. The van der Waals surface area contributed by atoms with Gasteiger partial charge in [-0.1, -0.05) is 35.0 Å². The number of aryl methyl sites for hydroxylation is 1. The Hall–Kier alpha value is -2.25. The summed E-state index contributed by atoms with van der Waals surface area (Å²) in [5, 5.41) is 24.3. The number of carbonyl (C=O) groups is 1. The fraction of sp³-hybridized carbons (Fsp3) is 0.300. The van der Waals surface area contributed by atoms with Crippen LogP contribution in [0, 0.1) is 11.3 Å². The van der Waals surface area contributed by atoms with E-state index in [4.69, 9.17) is 33.2 Å². The highest BCUT2D eigenvalue weighted by Crippen LogP contribution is 2.28. The highest BCUT2D eigenvalue weighted by Gasteiger charge is 2.14. The van der Waals surface area contributed by atoms with E-state index in [1.54, 1.807) is 29.6 Å². The lowest BCUT2D eigenvalue weighted by Crippen LogP contribution is -2.14. The van der Waals surface area contributed by atoms with Gasteiger partial charge in [0.25, 0.3) is 0 Å². The van der Waals surface area contributed by atoms with Crippen molar-refractivity contribution in [2.24, 2.45) is 0 Å². The maximum absolute atomic E-state index is 12.2. The van der Waals surface area contributed by atoms with Crippen LogP contribution in [0.15, 0.2) is 34.8 Å². The molecular formula is C20H19Cl2N5O2S2. The fourth-order valence-electron chi connectivity index (χ4n) is 2.72. The summed E-state index contributed by atoms with van der Waals surface area (Å²) in [6.45, 7) is 3.18. The van der Waals surface area contributed by atoms with E-state index in [1.165, 1.54) is 23.1 Å². The van der Waals surface area contributed by atoms with Gasteiger partial charge in [0.1, 0.15) is 22.6 Å². The standard InChI is InChI=1S/C20H19Cl2N5O2S2/c1-2-27-17(4-3-8-29-16-6-5-14(21)10-15(16)22)25-26-20(27)31-12-18(28)24-19-13(11-23)7-9-30-19/h5-7,9-10H,2-4,8,12H2,1H3,(H,24,28). The first-order chi connectivity index (χ1) is 15.0. The molecule has 0 bridgehead atoms. The van der Waals surface area contributed by atoms with E-state index in [0.29, 0.717) is 51.1 Å². The van der Waals surface area contributed by atoms with E-state index in [-0.39, 0.29) is 11.7 Å². The van der Waals surface area contributed by atoms with Gasteiger partial charge in [-0.3, -0.25) is 4.79 Å². The van der Waals surface area contributed by atoms with Gasteiger partial charge in [-0.05, 0) is 43.0 Å². The molecule has 0 atom stereocenters. The van der Waals surface area contributed by atoms with Crippen LogP contribution in [0.3, 0.4) is 0 Å². The number of hydrogen-bond acceptors (Lipinski definition) is 7. The first kappa shape index (κ1) is 23.4. The molecular weight excluding hydrogens is 477 g/mol.